The van der Waals surface area contributed by atoms with Gasteiger partial charge in [-0.15, -0.1) is 0 Å². The van der Waals surface area contributed by atoms with Crippen LogP contribution in [0.2, 0.25) is 0 Å². The van der Waals surface area contributed by atoms with Crippen LogP contribution in [0.4, 0.5) is 0 Å². The Kier molecular flexibility index (Phi) is 5.22. The Balaban J connectivity index is 1.23. The summed E-state index contributed by atoms with van der Waals surface area (Å²) in [6.07, 6.45) is 12.4. The lowest BCUT2D eigenvalue weighted by Crippen LogP contribution is -2.54. The second-order valence-electron chi connectivity index (χ2n) is 13.6. The molecule has 2 heterocycles. The first kappa shape index (κ1) is 23.5. The summed E-state index contributed by atoms with van der Waals surface area (Å²) < 4.78 is 18.8. The average Bonchev–Trinajstić information content (AvgIpc) is 3.21. The summed E-state index contributed by atoms with van der Waals surface area (Å²) in [5.41, 5.74) is 1.38. The zero-order valence-corrected chi connectivity index (χ0v) is 21.8. The molecule has 4 aliphatic carbocycles. The standard InChI is InChI=1S/C29H44O5/c1-17-25-24(34-29(17)13-12-26(3,31)16-32-29)15-23-21-7-6-19-14-20(33-18(2)30)8-10-27(19,4)22(21)9-11-28(23,25)5/h6,17,20-25,31H,7-16H2,1-5H3/t17-,20-,21+,22+,23-,24-,25-,26-,27-,28-,29+/m0/s1. The van der Waals surface area contributed by atoms with Crippen LogP contribution in [0.15, 0.2) is 11.6 Å². The van der Waals surface area contributed by atoms with Crippen LogP contribution in [0, 0.1) is 40.4 Å². The zero-order chi connectivity index (χ0) is 24.1. The van der Waals surface area contributed by atoms with E-state index >= 15 is 0 Å². The molecule has 34 heavy (non-hydrogen) atoms. The molecule has 0 aromatic rings. The number of allylic oxidation sites excluding steroid dienone is 1. The van der Waals surface area contributed by atoms with E-state index in [1.165, 1.54) is 26.2 Å². The first-order chi connectivity index (χ1) is 16.0. The van der Waals surface area contributed by atoms with Gasteiger partial charge in [0.1, 0.15) is 6.10 Å². The highest BCUT2D eigenvalue weighted by Gasteiger charge is 2.69. The van der Waals surface area contributed by atoms with Crippen LogP contribution in [-0.2, 0) is 19.0 Å². The van der Waals surface area contributed by atoms with Crippen molar-refractivity contribution in [2.45, 2.75) is 116 Å². The van der Waals surface area contributed by atoms with Gasteiger partial charge in [0.15, 0.2) is 5.79 Å². The minimum Gasteiger partial charge on any atom is -0.462 e. The van der Waals surface area contributed by atoms with Gasteiger partial charge in [-0.1, -0.05) is 32.4 Å². The first-order valence-corrected chi connectivity index (χ1v) is 13.9. The van der Waals surface area contributed by atoms with Gasteiger partial charge in [-0.3, -0.25) is 4.79 Å². The molecule has 0 radical (unpaired) electrons. The molecule has 0 aromatic carbocycles. The maximum Gasteiger partial charge on any atom is 0.302 e. The van der Waals surface area contributed by atoms with Crippen molar-refractivity contribution in [2.75, 3.05) is 6.61 Å². The average molecular weight is 473 g/mol. The highest BCUT2D eigenvalue weighted by molar-refractivity contribution is 5.66. The van der Waals surface area contributed by atoms with Crippen molar-refractivity contribution in [3.63, 3.8) is 0 Å². The molecule has 5 fully saturated rings. The molecule has 6 rings (SSSR count). The van der Waals surface area contributed by atoms with Gasteiger partial charge in [-0.05, 0) is 86.4 Å². The van der Waals surface area contributed by atoms with Crippen LogP contribution in [0.25, 0.3) is 0 Å². The van der Waals surface area contributed by atoms with Gasteiger partial charge in [0.05, 0.1) is 18.3 Å². The van der Waals surface area contributed by atoms with Crippen LogP contribution in [0.5, 0.6) is 0 Å². The van der Waals surface area contributed by atoms with Crippen molar-refractivity contribution in [3.05, 3.63) is 11.6 Å². The summed E-state index contributed by atoms with van der Waals surface area (Å²) in [7, 11) is 0. The van der Waals surface area contributed by atoms with Crippen LogP contribution < -0.4 is 0 Å². The number of fused-ring (bicyclic) bond motifs is 7. The third kappa shape index (κ3) is 3.25. The number of aliphatic hydroxyl groups is 1. The fraction of sp³-hybridized carbons (Fsp3) is 0.897. The minimum absolute atomic E-state index is 0.0646. The molecule has 2 saturated heterocycles. The SMILES string of the molecule is CC(=O)O[C@H]1CC[C@@]2(C)C(=CC[C@@H]3[C@H]2CC[C@]2(C)[C@@H]4[C@H](C[C@@H]32)O[C@]2(CC[C@](C)(O)CO2)[C@H]4C)C1. The fourth-order valence-electron chi connectivity index (χ4n) is 9.96. The quantitative estimate of drug-likeness (QED) is 0.409. The van der Waals surface area contributed by atoms with Crippen LogP contribution >= 0.6 is 0 Å². The Morgan fingerprint density at radius 1 is 1.12 bits per heavy atom. The van der Waals surface area contributed by atoms with Gasteiger partial charge >= 0.3 is 5.97 Å². The van der Waals surface area contributed by atoms with Crippen LogP contribution in [0.1, 0.15) is 92.4 Å². The van der Waals surface area contributed by atoms with Gasteiger partial charge in [0, 0.05) is 25.7 Å². The van der Waals surface area contributed by atoms with Crippen molar-refractivity contribution in [1.29, 1.82) is 0 Å². The molecule has 5 nitrogen and oxygen atoms in total. The molecular formula is C29H44O5. The summed E-state index contributed by atoms with van der Waals surface area (Å²) in [5.74, 6) is 2.42. The normalized spacial score (nSPS) is 56.2. The van der Waals surface area contributed by atoms with Gasteiger partial charge in [0.2, 0.25) is 0 Å². The van der Waals surface area contributed by atoms with Crippen LogP contribution in [0.3, 0.4) is 0 Å². The summed E-state index contributed by atoms with van der Waals surface area (Å²) in [6, 6.07) is 0. The summed E-state index contributed by atoms with van der Waals surface area (Å²) >= 11 is 0. The molecule has 0 bridgehead atoms. The predicted molar refractivity (Wildman–Crippen MR) is 129 cm³/mol. The van der Waals surface area contributed by atoms with Gasteiger partial charge < -0.3 is 19.3 Å². The van der Waals surface area contributed by atoms with Gasteiger partial charge in [-0.25, -0.2) is 0 Å². The molecule has 11 atom stereocenters. The Hall–Kier alpha value is -0.910. The molecule has 3 saturated carbocycles. The minimum atomic E-state index is -0.730. The second kappa shape index (κ2) is 7.55. The first-order valence-electron chi connectivity index (χ1n) is 13.9. The predicted octanol–water partition coefficient (Wildman–Crippen LogP) is 5.40. The summed E-state index contributed by atoms with van der Waals surface area (Å²) in [4.78, 5) is 11.5. The third-order valence-electron chi connectivity index (χ3n) is 11.7. The maximum atomic E-state index is 11.5. The number of hydrogen-bond acceptors (Lipinski definition) is 5. The van der Waals surface area contributed by atoms with Crippen LogP contribution in [-0.4, -0.2) is 41.3 Å². The monoisotopic (exact) mass is 472 g/mol. The summed E-state index contributed by atoms with van der Waals surface area (Å²) in [5, 5.41) is 10.4. The van der Waals surface area contributed by atoms with Crippen molar-refractivity contribution < 1.29 is 24.1 Å². The van der Waals surface area contributed by atoms with Crippen molar-refractivity contribution in [2.24, 2.45) is 40.4 Å². The van der Waals surface area contributed by atoms with E-state index in [1.54, 1.807) is 5.57 Å². The molecule has 1 N–H and O–H groups in total. The van der Waals surface area contributed by atoms with E-state index in [4.69, 9.17) is 14.2 Å². The lowest BCUT2D eigenvalue weighted by atomic mass is 9.47. The Morgan fingerprint density at radius 3 is 2.62 bits per heavy atom. The number of esters is 1. The largest absolute Gasteiger partial charge is 0.462 e. The van der Waals surface area contributed by atoms with E-state index in [1.807, 2.05) is 6.92 Å². The Bertz CT molecular complexity index is 883. The van der Waals surface area contributed by atoms with E-state index < -0.39 is 11.4 Å². The smallest absolute Gasteiger partial charge is 0.302 e. The van der Waals surface area contributed by atoms with E-state index in [9.17, 15) is 9.90 Å². The topological polar surface area (TPSA) is 65.0 Å². The molecule has 5 heteroatoms. The lowest BCUT2D eigenvalue weighted by molar-refractivity contribution is -0.293. The number of carbonyl (C=O) groups excluding carboxylic acids is 1. The third-order valence-corrected chi connectivity index (χ3v) is 11.7. The lowest BCUT2D eigenvalue weighted by Gasteiger charge is -2.58. The second-order valence-corrected chi connectivity index (χ2v) is 13.6. The zero-order valence-electron chi connectivity index (χ0n) is 21.8. The molecule has 190 valence electrons. The number of carbonyl (C=O) groups is 1. The molecule has 2 aliphatic heterocycles. The van der Waals surface area contributed by atoms with E-state index in [-0.39, 0.29) is 23.6 Å². The van der Waals surface area contributed by atoms with E-state index in [0.717, 1.165) is 50.4 Å². The number of rotatable bonds is 1. The molecule has 0 unspecified atom stereocenters. The van der Waals surface area contributed by atoms with Gasteiger partial charge in [0.25, 0.3) is 0 Å². The fourth-order valence-corrected chi connectivity index (χ4v) is 9.96. The van der Waals surface area contributed by atoms with Gasteiger partial charge in [-0.2, -0.15) is 0 Å². The Labute approximate surface area is 205 Å². The number of hydrogen-bond donors (Lipinski definition) is 1. The molecule has 1 spiro atoms. The highest BCUT2D eigenvalue weighted by atomic mass is 16.7. The summed E-state index contributed by atoms with van der Waals surface area (Å²) in [6.45, 7) is 11.2. The van der Waals surface area contributed by atoms with Crippen molar-refractivity contribution >= 4 is 5.97 Å². The van der Waals surface area contributed by atoms with E-state index in [0.29, 0.717) is 29.8 Å². The van der Waals surface area contributed by atoms with Crippen molar-refractivity contribution in [3.8, 4) is 0 Å². The van der Waals surface area contributed by atoms with E-state index in [2.05, 4.69) is 26.8 Å². The molecular weight excluding hydrogens is 428 g/mol. The maximum absolute atomic E-state index is 11.5. The van der Waals surface area contributed by atoms with Crippen molar-refractivity contribution in [1.82, 2.24) is 0 Å². The highest BCUT2D eigenvalue weighted by Crippen LogP contribution is 2.70. The number of ether oxygens (including phenoxy) is 3. The molecule has 0 aromatic heterocycles. The molecule has 0 amide bonds. The Morgan fingerprint density at radius 2 is 1.91 bits per heavy atom. The molecule has 6 aliphatic rings.